The zero-order valence-electron chi connectivity index (χ0n) is 7.21. The lowest BCUT2D eigenvalue weighted by atomic mass is 10.1. The van der Waals surface area contributed by atoms with Gasteiger partial charge in [-0.15, -0.1) is 0 Å². The number of rotatable bonds is 1. The maximum Gasteiger partial charge on any atom is 0.0933 e. The summed E-state index contributed by atoms with van der Waals surface area (Å²) in [5, 5.41) is 8.43. The van der Waals surface area contributed by atoms with E-state index in [9.17, 15) is 0 Å². The summed E-state index contributed by atoms with van der Waals surface area (Å²) in [5.74, 6) is 0. The van der Waals surface area contributed by atoms with Crippen LogP contribution in [-0.2, 0) is 0 Å². The molecule has 2 nitrogen and oxygen atoms in total. The molecule has 0 aliphatic carbocycles. The first-order valence-electron chi connectivity index (χ1n) is 3.77. The SMILES string of the molecule is Cc1cc(Br)ccc1/C(N)=C/C#N. The lowest BCUT2D eigenvalue weighted by Gasteiger charge is -2.04. The van der Waals surface area contributed by atoms with Gasteiger partial charge in [-0.25, -0.2) is 0 Å². The summed E-state index contributed by atoms with van der Waals surface area (Å²) in [6.07, 6.45) is 1.34. The minimum Gasteiger partial charge on any atom is -0.398 e. The van der Waals surface area contributed by atoms with E-state index < -0.39 is 0 Å². The van der Waals surface area contributed by atoms with Crippen molar-refractivity contribution in [3.05, 3.63) is 39.9 Å². The normalized spacial score (nSPS) is 11.0. The van der Waals surface area contributed by atoms with E-state index >= 15 is 0 Å². The number of nitriles is 1. The molecule has 0 aliphatic heterocycles. The van der Waals surface area contributed by atoms with Crippen LogP contribution in [0.15, 0.2) is 28.7 Å². The lowest BCUT2D eigenvalue weighted by molar-refractivity contribution is 1.38. The van der Waals surface area contributed by atoms with Crippen LogP contribution in [0.25, 0.3) is 5.70 Å². The number of benzene rings is 1. The first kappa shape index (κ1) is 9.82. The van der Waals surface area contributed by atoms with Gasteiger partial charge in [-0.3, -0.25) is 0 Å². The Bertz CT molecular complexity index is 388. The quantitative estimate of drug-likeness (QED) is 0.763. The second kappa shape index (κ2) is 4.11. The van der Waals surface area contributed by atoms with Crippen LogP contribution in [-0.4, -0.2) is 0 Å². The summed E-state index contributed by atoms with van der Waals surface area (Å²) in [4.78, 5) is 0. The topological polar surface area (TPSA) is 49.8 Å². The molecular formula is C10H9BrN2. The molecule has 0 saturated carbocycles. The molecule has 2 N–H and O–H groups in total. The number of allylic oxidation sites excluding steroid dienone is 1. The Kier molecular flexibility index (Phi) is 3.10. The van der Waals surface area contributed by atoms with Crippen molar-refractivity contribution in [2.24, 2.45) is 5.73 Å². The predicted molar refractivity (Wildman–Crippen MR) is 56.7 cm³/mol. The van der Waals surface area contributed by atoms with Gasteiger partial charge in [0, 0.05) is 21.8 Å². The van der Waals surface area contributed by atoms with Crippen molar-refractivity contribution in [1.82, 2.24) is 0 Å². The van der Waals surface area contributed by atoms with E-state index in [4.69, 9.17) is 11.0 Å². The highest BCUT2D eigenvalue weighted by atomic mass is 79.9. The van der Waals surface area contributed by atoms with E-state index in [2.05, 4.69) is 15.9 Å². The third kappa shape index (κ3) is 2.33. The van der Waals surface area contributed by atoms with Crippen LogP contribution in [0.4, 0.5) is 0 Å². The highest BCUT2D eigenvalue weighted by Crippen LogP contribution is 2.19. The Morgan fingerprint density at radius 2 is 2.31 bits per heavy atom. The summed E-state index contributed by atoms with van der Waals surface area (Å²) < 4.78 is 1.01. The van der Waals surface area contributed by atoms with Gasteiger partial charge in [0.05, 0.1) is 6.07 Å². The van der Waals surface area contributed by atoms with Crippen LogP contribution < -0.4 is 5.73 Å². The first-order chi connectivity index (χ1) is 6.15. The standard InChI is InChI=1S/C10H9BrN2/c1-7-6-8(11)2-3-9(7)10(13)4-5-12/h2-4,6H,13H2,1H3/b10-4-. The number of hydrogen-bond donors (Lipinski definition) is 1. The van der Waals surface area contributed by atoms with Crippen LogP contribution in [0, 0.1) is 18.3 Å². The van der Waals surface area contributed by atoms with E-state index in [1.54, 1.807) is 0 Å². The molecular weight excluding hydrogens is 228 g/mol. The molecule has 0 aliphatic rings. The second-order valence-corrected chi connectivity index (χ2v) is 3.60. The van der Waals surface area contributed by atoms with Crippen molar-refractivity contribution in [2.45, 2.75) is 6.92 Å². The molecule has 1 aromatic rings. The maximum atomic E-state index is 8.43. The lowest BCUT2D eigenvalue weighted by Crippen LogP contribution is -1.98. The van der Waals surface area contributed by atoms with Gasteiger partial charge in [0.25, 0.3) is 0 Å². The minimum absolute atomic E-state index is 0.507. The average molecular weight is 237 g/mol. The molecule has 0 amide bonds. The smallest absolute Gasteiger partial charge is 0.0933 e. The van der Waals surface area contributed by atoms with Gasteiger partial charge in [0.2, 0.25) is 0 Å². The molecule has 0 spiro atoms. The van der Waals surface area contributed by atoms with Gasteiger partial charge in [0.1, 0.15) is 0 Å². The van der Waals surface area contributed by atoms with Crippen molar-refractivity contribution in [3.63, 3.8) is 0 Å². The number of nitrogens with two attached hydrogens (primary N) is 1. The zero-order chi connectivity index (χ0) is 9.84. The zero-order valence-corrected chi connectivity index (χ0v) is 8.80. The van der Waals surface area contributed by atoms with E-state index in [0.29, 0.717) is 5.70 Å². The molecule has 0 radical (unpaired) electrons. The van der Waals surface area contributed by atoms with E-state index in [1.807, 2.05) is 31.2 Å². The van der Waals surface area contributed by atoms with Gasteiger partial charge in [-0.1, -0.05) is 22.0 Å². The van der Waals surface area contributed by atoms with Crippen molar-refractivity contribution < 1.29 is 0 Å². The summed E-state index contributed by atoms with van der Waals surface area (Å²) >= 11 is 3.36. The molecule has 0 saturated heterocycles. The van der Waals surface area contributed by atoms with Crippen molar-refractivity contribution in [1.29, 1.82) is 5.26 Å². The molecule has 0 aromatic heterocycles. The Labute approximate surface area is 85.8 Å². The number of hydrogen-bond acceptors (Lipinski definition) is 2. The third-order valence-corrected chi connectivity index (χ3v) is 2.21. The molecule has 3 heteroatoms. The Balaban J connectivity index is 3.18. The molecule has 1 aromatic carbocycles. The monoisotopic (exact) mass is 236 g/mol. The first-order valence-corrected chi connectivity index (χ1v) is 4.56. The predicted octanol–water partition coefficient (Wildman–Crippen LogP) is 2.58. The third-order valence-electron chi connectivity index (χ3n) is 1.72. The van der Waals surface area contributed by atoms with Crippen LogP contribution >= 0.6 is 15.9 Å². The Hall–Kier alpha value is -1.27. The summed E-state index contributed by atoms with van der Waals surface area (Å²) in [7, 11) is 0. The molecule has 0 bridgehead atoms. The Morgan fingerprint density at radius 1 is 1.62 bits per heavy atom. The van der Waals surface area contributed by atoms with Gasteiger partial charge < -0.3 is 5.73 Å². The maximum absolute atomic E-state index is 8.43. The van der Waals surface area contributed by atoms with Gasteiger partial charge in [-0.2, -0.15) is 5.26 Å². The highest BCUT2D eigenvalue weighted by Gasteiger charge is 2.00. The summed E-state index contributed by atoms with van der Waals surface area (Å²) in [6, 6.07) is 7.67. The van der Waals surface area contributed by atoms with Crippen LogP contribution in [0.2, 0.25) is 0 Å². The molecule has 0 atom stereocenters. The van der Waals surface area contributed by atoms with Crippen molar-refractivity contribution >= 4 is 21.6 Å². The summed E-state index contributed by atoms with van der Waals surface area (Å²) in [6.45, 7) is 1.96. The fourth-order valence-electron chi connectivity index (χ4n) is 1.10. The van der Waals surface area contributed by atoms with E-state index in [1.165, 1.54) is 6.08 Å². The van der Waals surface area contributed by atoms with Crippen LogP contribution in [0.1, 0.15) is 11.1 Å². The Morgan fingerprint density at radius 3 is 2.85 bits per heavy atom. The van der Waals surface area contributed by atoms with Gasteiger partial charge >= 0.3 is 0 Å². The highest BCUT2D eigenvalue weighted by molar-refractivity contribution is 9.10. The summed E-state index contributed by atoms with van der Waals surface area (Å²) in [5.41, 5.74) is 8.15. The molecule has 13 heavy (non-hydrogen) atoms. The minimum atomic E-state index is 0.507. The van der Waals surface area contributed by atoms with Gasteiger partial charge in [-0.05, 0) is 24.6 Å². The molecule has 0 unspecified atom stereocenters. The fourth-order valence-corrected chi connectivity index (χ4v) is 1.57. The van der Waals surface area contributed by atoms with E-state index in [0.717, 1.165) is 15.6 Å². The average Bonchev–Trinajstić information content (AvgIpc) is 2.04. The molecule has 1 rings (SSSR count). The van der Waals surface area contributed by atoms with Crippen LogP contribution in [0.3, 0.4) is 0 Å². The fraction of sp³-hybridized carbons (Fsp3) is 0.100. The van der Waals surface area contributed by atoms with Crippen molar-refractivity contribution in [2.75, 3.05) is 0 Å². The molecule has 0 heterocycles. The van der Waals surface area contributed by atoms with E-state index in [-0.39, 0.29) is 0 Å². The van der Waals surface area contributed by atoms with Crippen molar-refractivity contribution in [3.8, 4) is 6.07 Å². The molecule has 0 fully saturated rings. The largest absolute Gasteiger partial charge is 0.398 e. The van der Waals surface area contributed by atoms with Gasteiger partial charge in [0.15, 0.2) is 0 Å². The van der Waals surface area contributed by atoms with Crippen LogP contribution in [0.5, 0.6) is 0 Å². The number of aryl methyl sites for hydroxylation is 1. The second-order valence-electron chi connectivity index (χ2n) is 2.69. The molecule has 66 valence electrons. The number of nitrogens with zero attached hydrogens (tertiary/aromatic N) is 1. The number of halogens is 1.